The second-order valence-corrected chi connectivity index (χ2v) is 3.99. The van der Waals surface area contributed by atoms with Crippen molar-refractivity contribution in [2.45, 2.75) is 6.32 Å². The highest BCUT2D eigenvalue weighted by molar-refractivity contribution is 6.30. The van der Waals surface area contributed by atoms with Crippen LogP contribution in [0.15, 0.2) is 24.3 Å². The molecule has 1 amide bonds. The van der Waals surface area contributed by atoms with E-state index in [9.17, 15) is 4.79 Å². The van der Waals surface area contributed by atoms with Gasteiger partial charge in [0.05, 0.1) is 0 Å². The summed E-state index contributed by atoms with van der Waals surface area (Å²) in [6, 6.07) is 6.96. The number of hydrogen-bond acceptors (Lipinski definition) is 2. The first-order chi connectivity index (χ1) is 7.63. The lowest BCUT2D eigenvalue weighted by Crippen LogP contribution is -2.32. The summed E-state index contributed by atoms with van der Waals surface area (Å²) in [5, 5.41) is 0.654. The molecule has 0 aliphatic heterocycles. The van der Waals surface area contributed by atoms with Crippen molar-refractivity contribution in [3.05, 3.63) is 29.3 Å². The van der Waals surface area contributed by atoms with E-state index in [4.69, 9.17) is 16.3 Å². The van der Waals surface area contributed by atoms with Crippen LogP contribution < -0.4 is 4.74 Å². The van der Waals surface area contributed by atoms with Gasteiger partial charge in [0.25, 0.3) is 5.91 Å². The topological polar surface area (TPSA) is 29.5 Å². The van der Waals surface area contributed by atoms with Crippen molar-refractivity contribution >= 4 is 25.4 Å². The van der Waals surface area contributed by atoms with Crippen LogP contribution in [0.4, 0.5) is 0 Å². The van der Waals surface area contributed by atoms with Crippen molar-refractivity contribution in [3.63, 3.8) is 0 Å². The van der Waals surface area contributed by atoms with E-state index in [1.807, 2.05) is 7.85 Å². The molecule has 5 heteroatoms. The third-order valence-corrected chi connectivity index (χ3v) is 2.41. The van der Waals surface area contributed by atoms with Crippen LogP contribution in [0.3, 0.4) is 0 Å². The van der Waals surface area contributed by atoms with Gasteiger partial charge in [-0.1, -0.05) is 17.9 Å². The summed E-state index contributed by atoms with van der Waals surface area (Å²) in [5.74, 6) is 0.638. The smallest absolute Gasteiger partial charge is 0.260 e. The highest BCUT2D eigenvalue weighted by atomic mass is 35.5. The highest BCUT2D eigenvalue weighted by Gasteiger charge is 2.07. The second-order valence-electron chi connectivity index (χ2n) is 3.56. The molecule has 0 aromatic heterocycles. The molecule has 0 atom stereocenters. The minimum Gasteiger partial charge on any atom is -0.484 e. The van der Waals surface area contributed by atoms with Crippen molar-refractivity contribution in [3.8, 4) is 5.75 Å². The van der Waals surface area contributed by atoms with E-state index < -0.39 is 0 Å². The molecule has 0 heterocycles. The van der Waals surface area contributed by atoms with Gasteiger partial charge in [-0.15, -0.1) is 0 Å². The van der Waals surface area contributed by atoms with Crippen molar-refractivity contribution in [1.29, 1.82) is 0 Å². The summed E-state index contributed by atoms with van der Waals surface area (Å²) in [5.41, 5.74) is 0. The molecule has 0 saturated heterocycles. The SMILES string of the molecule is BCCN(C)C(=O)COc1ccc(Cl)cc1. The molecular weight excluding hydrogens is 224 g/mol. The molecule has 0 spiro atoms. The summed E-state index contributed by atoms with van der Waals surface area (Å²) in [6.07, 6.45) is 0.948. The Hall–Kier alpha value is -1.16. The molecule has 0 fully saturated rings. The summed E-state index contributed by atoms with van der Waals surface area (Å²) in [6.45, 7) is 0.820. The van der Waals surface area contributed by atoms with E-state index in [1.54, 1.807) is 36.2 Å². The molecule has 0 bridgehead atoms. The van der Waals surface area contributed by atoms with E-state index in [2.05, 4.69) is 0 Å². The van der Waals surface area contributed by atoms with Gasteiger partial charge < -0.3 is 9.64 Å². The van der Waals surface area contributed by atoms with Crippen LogP contribution in [0.25, 0.3) is 0 Å². The number of likely N-dealkylation sites (N-methyl/N-ethyl adjacent to an activating group) is 1. The Morgan fingerprint density at radius 1 is 1.44 bits per heavy atom. The molecule has 1 aromatic carbocycles. The number of hydrogen-bond donors (Lipinski definition) is 0. The van der Waals surface area contributed by atoms with Gasteiger partial charge in [0.2, 0.25) is 0 Å². The minimum absolute atomic E-state index is 0.0169. The van der Waals surface area contributed by atoms with E-state index in [-0.39, 0.29) is 12.5 Å². The predicted molar refractivity (Wildman–Crippen MR) is 67.9 cm³/mol. The van der Waals surface area contributed by atoms with Gasteiger partial charge in [-0.3, -0.25) is 4.79 Å². The molecule has 0 radical (unpaired) electrons. The van der Waals surface area contributed by atoms with Crippen molar-refractivity contribution in [2.24, 2.45) is 0 Å². The normalized spacial score (nSPS) is 9.88. The third-order valence-electron chi connectivity index (χ3n) is 2.16. The van der Waals surface area contributed by atoms with Crippen LogP contribution in [0.5, 0.6) is 5.75 Å². The lowest BCUT2D eigenvalue weighted by molar-refractivity contribution is -0.131. The quantitative estimate of drug-likeness (QED) is 0.724. The standard InChI is InChI=1S/C11H15BClNO2/c1-14(7-6-12)11(15)8-16-10-4-2-9(13)3-5-10/h2-5H,6-8,12H2,1H3. The van der Waals surface area contributed by atoms with Gasteiger partial charge in [0.15, 0.2) is 6.61 Å². The summed E-state index contributed by atoms with van der Waals surface area (Å²) >= 11 is 5.74. The number of rotatable bonds is 5. The number of benzene rings is 1. The lowest BCUT2D eigenvalue weighted by atomic mass is 10.1. The minimum atomic E-state index is -0.0169. The van der Waals surface area contributed by atoms with E-state index in [0.29, 0.717) is 10.8 Å². The molecule has 0 N–H and O–H groups in total. The summed E-state index contributed by atoms with van der Waals surface area (Å²) in [4.78, 5) is 13.2. The van der Waals surface area contributed by atoms with E-state index in [1.165, 1.54) is 0 Å². The van der Waals surface area contributed by atoms with Crippen molar-refractivity contribution in [1.82, 2.24) is 4.90 Å². The highest BCUT2D eigenvalue weighted by Crippen LogP contribution is 2.15. The molecule has 1 aromatic rings. The van der Waals surface area contributed by atoms with Crippen LogP contribution >= 0.6 is 11.6 Å². The number of halogens is 1. The molecule has 0 unspecified atom stereocenters. The fourth-order valence-electron chi connectivity index (χ4n) is 1.25. The van der Waals surface area contributed by atoms with Crippen LogP contribution in [0, 0.1) is 0 Å². The van der Waals surface area contributed by atoms with Gasteiger partial charge in [0, 0.05) is 18.6 Å². The first-order valence-corrected chi connectivity index (χ1v) is 5.63. The summed E-state index contributed by atoms with van der Waals surface area (Å²) in [7, 11) is 3.81. The van der Waals surface area contributed by atoms with Crippen molar-refractivity contribution in [2.75, 3.05) is 20.2 Å². The fraction of sp³-hybridized carbons (Fsp3) is 0.364. The number of nitrogens with zero attached hydrogens (tertiary/aromatic N) is 1. The Morgan fingerprint density at radius 2 is 2.06 bits per heavy atom. The average molecular weight is 240 g/mol. The van der Waals surface area contributed by atoms with E-state index >= 15 is 0 Å². The molecule has 0 saturated carbocycles. The first-order valence-electron chi connectivity index (χ1n) is 5.25. The van der Waals surface area contributed by atoms with Crippen LogP contribution in [0.2, 0.25) is 11.3 Å². The molecule has 0 aliphatic carbocycles. The maximum absolute atomic E-state index is 11.5. The zero-order valence-corrected chi connectivity index (χ0v) is 10.3. The lowest BCUT2D eigenvalue weighted by Gasteiger charge is -2.16. The van der Waals surface area contributed by atoms with E-state index in [0.717, 1.165) is 12.9 Å². The fourth-order valence-corrected chi connectivity index (χ4v) is 1.37. The Morgan fingerprint density at radius 3 is 2.62 bits per heavy atom. The average Bonchev–Trinajstić information content (AvgIpc) is 2.28. The number of carbonyl (C=O) groups excluding carboxylic acids is 1. The molecule has 0 aliphatic rings. The Bertz CT molecular complexity index is 342. The molecule has 16 heavy (non-hydrogen) atoms. The number of carbonyl (C=O) groups is 1. The third kappa shape index (κ3) is 4.15. The number of amides is 1. The molecule has 86 valence electrons. The van der Waals surface area contributed by atoms with Crippen LogP contribution in [-0.2, 0) is 4.79 Å². The number of ether oxygens (including phenoxy) is 1. The maximum atomic E-state index is 11.5. The Kier molecular flexibility index (Phi) is 5.19. The monoisotopic (exact) mass is 239 g/mol. The zero-order chi connectivity index (χ0) is 12.0. The summed E-state index contributed by atoms with van der Waals surface area (Å²) < 4.78 is 5.34. The van der Waals surface area contributed by atoms with Crippen molar-refractivity contribution < 1.29 is 9.53 Å². The van der Waals surface area contributed by atoms with Gasteiger partial charge in [-0.05, 0) is 24.3 Å². The van der Waals surface area contributed by atoms with Gasteiger partial charge in [0.1, 0.15) is 13.6 Å². The van der Waals surface area contributed by atoms with Gasteiger partial charge in [-0.25, -0.2) is 0 Å². The predicted octanol–water partition coefficient (Wildman–Crippen LogP) is 1.23. The van der Waals surface area contributed by atoms with Gasteiger partial charge >= 0.3 is 0 Å². The largest absolute Gasteiger partial charge is 0.484 e. The first kappa shape index (κ1) is 12.9. The van der Waals surface area contributed by atoms with Crippen LogP contribution in [0.1, 0.15) is 0 Å². The molecule has 3 nitrogen and oxygen atoms in total. The van der Waals surface area contributed by atoms with Gasteiger partial charge in [-0.2, -0.15) is 0 Å². The molecule has 1 rings (SSSR count). The maximum Gasteiger partial charge on any atom is 0.260 e. The second kappa shape index (κ2) is 6.43. The zero-order valence-electron chi connectivity index (χ0n) is 9.57. The Balaban J connectivity index is 2.39. The Labute approximate surface area is 102 Å². The van der Waals surface area contributed by atoms with Crippen LogP contribution in [-0.4, -0.2) is 38.9 Å². The molecular formula is C11H15BClNO2.